The average Bonchev–Trinajstić information content (AvgIpc) is 3.02. The van der Waals surface area contributed by atoms with Gasteiger partial charge in [-0.15, -0.1) is 0 Å². The topological polar surface area (TPSA) is 41.3 Å². The second-order valence-electron chi connectivity index (χ2n) is 5.73. The second-order valence-corrected chi connectivity index (χ2v) is 5.73. The van der Waals surface area contributed by atoms with Crippen molar-refractivity contribution in [3.05, 3.63) is 53.9 Å². The summed E-state index contributed by atoms with van der Waals surface area (Å²) in [5.41, 5.74) is 1.36. The molecule has 1 aliphatic rings. The molecule has 21 heavy (non-hydrogen) atoms. The highest BCUT2D eigenvalue weighted by Gasteiger charge is 2.29. The van der Waals surface area contributed by atoms with Gasteiger partial charge in [0.25, 0.3) is 0 Å². The quantitative estimate of drug-likeness (QED) is 0.917. The predicted molar refractivity (Wildman–Crippen MR) is 82.8 cm³/mol. The third-order valence-corrected chi connectivity index (χ3v) is 4.17. The van der Waals surface area contributed by atoms with Crippen molar-refractivity contribution < 1.29 is 4.52 Å². The highest BCUT2D eigenvalue weighted by atomic mass is 16.5. The van der Waals surface area contributed by atoms with Crippen LogP contribution in [0, 0.1) is 0 Å². The van der Waals surface area contributed by atoms with Crippen LogP contribution in [0.3, 0.4) is 0 Å². The van der Waals surface area contributed by atoms with Crippen LogP contribution >= 0.6 is 0 Å². The van der Waals surface area contributed by atoms with E-state index in [4.69, 9.17) is 4.52 Å². The number of piperazine rings is 1. The van der Waals surface area contributed by atoms with Crippen LogP contribution in [0.4, 0.5) is 0 Å². The SMILES string of the molecule is CCCC1CN(Cc2ccno2)C(c2ccccc2)CN1. The molecule has 4 nitrogen and oxygen atoms in total. The molecule has 0 saturated carbocycles. The number of rotatable bonds is 5. The van der Waals surface area contributed by atoms with Gasteiger partial charge in [-0.1, -0.05) is 48.8 Å². The first-order valence-corrected chi connectivity index (χ1v) is 7.78. The van der Waals surface area contributed by atoms with E-state index in [1.807, 2.05) is 6.07 Å². The first-order chi connectivity index (χ1) is 10.4. The van der Waals surface area contributed by atoms with Crippen molar-refractivity contribution in [2.45, 2.75) is 38.4 Å². The summed E-state index contributed by atoms with van der Waals surface area (Å²) in [6, 6.07) is 13.6. The van der Waals surface area contributed by atoms with Gasteiger partial charge in [0.1, 0.15) is 0 Å². The third-order valence-electron chi connectivity index (χ3n) is 4.17. The van der Waals surface area contributed by atoms with Crippen LogP contribution < -0.4 is 5.32 Å². The van der Waals surface area contributed by atoms with E-state index < -0.39 is 0 Å². The molecule has 2 heterocycles. The van der Waals surface area contributed by atoms with E-state index in [9.17, 15) is 0 Å². The van der Waals surface area contributed by atoms with Gasteiger partial charge < -0.3 is 9.84 Å². The normalized spacial score (nSPS) is 23.3. The summed E-state index contributed by atoms with van der Waals surface area (Å²) < 4.78 is 5.30. The molecular weight excluding hydrogens is 262 g/mol. The lowest BCUT2D eigenvalue weighted by atomic mass is 9.99. The van der Waals surface area contributed by atoms with Crippen molar-refractivity contribution >= 4 is 0 Å². The van der Waals surface area contributed by atoms with Gasteiger partial charge in [-0.25, -0.2) is 0 Å². The smallest absolute Gasteiger partial charge is 0.150 e. The van der Waals surface area contributed by atoms with Gasteiger partial charge in [0.2, 0.25) is 0 Å². The first-order valence-electron chi connectivity index (χ1n) is 7.78. The number of aromatic nitrogens is 1. The largest absolute Gasteiger partial charge is 0.360 e. The monoisotopic (exact) mass is 285 g/mol. The van der Waals surface area contributed by atoms with Crippen LogP contribution in [-0.4, -0.2) is 29.2 Å². The Morgan fingerprint density at radius 3 is 2.86 bits per heavy atom. The maximum Gasteiger partial charge on any atom is 0.150 e. The molecule has 1 aromatic carbocycles. The summed E-state index contributed by atoms with van der Waals surface area (Å²) in [4.78, 5) is 2.51. The molecule has 0 amide bonds. The fourth-order valence-corrected chi connectivity index (χ4v) is 3.13. The molecule has 1 N–H and O–H groups in total. The first kappa shape index (κ1) is 14.3. The van der Waals surface area contributed by atoms with Gasteiger partial charge in [0.15, 0.2) is 5.76 Å². The molecule has 0 bridgehead atoms. The summed E-state index contributed by atoms with van der Waals surface area (Å²) >= 11 is 0. The molecule has 1 saturated heterocycles. The van der Waals surface area contributed by atoms with E-state index in [2.05, 4.69) is 52.6 Å². The Kier molecular flexibility index (Phi) is 4.68. The Morgan fingerprint density at radius 1 is 1.29 bits per heavy atom. The van der Waals surface area contributed by atoms with E-state index in [0.29, 0.717) is 12.1 Å². The Hall–Kier alpha value is -1.65. The minimum atomic E-state index is 0.393. The van der Waals surface area contributed by atoms with Crippen LogP contribution in [0.15, 0.2) is 47.1 Å². The molecule has 0 aliphatic carbocycles. The van der Waals surface area contributed by atoms with Gasteiger partial charge in [0.05, 0.1) is 12.7 Å². The fraction of sp³-hybridized carbons (Fsp3) is 0.471. The lowest BCUT2D eigenvalue weighted by Crippen LogP contribution is -2.51. The Bertz CT molecular complexity index is 526. The molecule has 0 spiro atoms. The average molecular weight is 285 g/mol. The fourth-order valence-electron chi connectivity index (χ4n) is 3.13. The molecule has 4 heteroatoms. The van der Waals surface area contributed by atoms with E-state index in [1.165, 1.54) is 18.4 Å². The van der Waals surface area contributed by atoms with Gasteiger partial charge in [0, 0.05) is 31.2 Å². The van der Waals surface area contributed by atoms with Crippen LogP contribution in [0.25, 0.3) is 0 Å². The van der Waals surface area contributed by atoms with E-state index in [-0.39, 0.29) is 0 Å². The Labute approximate surface area is 126 Å². The second kappa shape index (κ2) is 6.87. The van der Waals surface area contributed by atoms with E-state index >= 15 is 0 Å². The zero-order valence-corrected chi connectivity index (χ0v) is 12.5. The molecule has 0 radical (unpaired) electrons. The van der Waals surface area contributed by atoms with Crippen molar-refractivity contribution in [3.8, 4) is 0 Å². The van der Waals surface area contributed by atoms with Crippen LogP contribution in [0.2, 0.25) is 0 Å². The summed E-state index contributed by atoms with van der Waals surface area (Å²) in [5.74, 6) is 0.938. The molecule has 112 valence electrons. The molecule has 2 atom stereocenters. The molecule has 1 aliphatic heterocycles. The molecule has 1 fully saturated rings. The molecule has 2 unspecified atom stereocenters. The Morgan fingerprint density at radius 2 is 2.14 bits per heavy atom. The van der Waals surface area contributed by atoms with Crippen molar-refractivity contribution in [3.63, 3.8) is 0 Å². The zero-order chi connectivity index (χ0) is 14.5. The molecular formula is C17H23N3O. The summed E-state index contributed by atoms with van der Waals surface area (Å²) in [7, 11) is 0. The third kappa shape index (κ3) is 3.52. The van der Waals surface area contributed by atoms with Crippen molar-refractivity contribution in [1.29, 1.82) is 0 Å². The number of benzene rings is 1. The number of hydrogen-bond acceptors (Lipinski definition) is 4. The number of hydrogen-bond donors (Lipinski definition) is 1. The maximum absolute atomic E-state index is 5.30. The molecule has 2 aromatic rings. The van der Waals surface area contributed by atoms with Crippen molar-refractivity contribution in [2.75, 3.05) is 13.1 Å². The van der Waals surface area contributed by atoms with Gasteiger partial charge in [-0.2, -0.15) is 0 Å². The number of nitrogens with one attached hydrogen (secondary N) is 1. The van der Waals surface area contributed by atoms with Crippen LogP contribution in [-0.2, 0) is 6.54 Å². The van der Waals surface area contributed by atoms with Gasteiger partial charge >= 0.3 is 0 Å². The zero-order valence-electron chi connectivity index (χ0n) is 12.5. The highest BCUT2D eigenvalue weighted by Crippen LogP contribution is 2.26. The van der Waals surface area contributed by atoms with Crippen LogP contribution in [0.1, 0.15) is 37.1 Å². The summed E-state index contributed by atoms with van der Waals surface area (Å²) in [5, 5.41) is 7.51. The molecule has 3 rings (SSSR count). The van der Waals surface area contributed by atoms with Crippen LogP contribution in [0.5, 0.6) is 0 Å². The minimum Gasteiger partial charge on any atom is -0.360 e. The lowest BCUT2D eigenvalue weighted by molar-refractivity contribution is 0.107. The predicted octanol–water partition coefficient (Wildman–Crippen LogP) is 2.99. The standard InChI is InChI=1S/C17H23N3O/c1-2-6-15-12-20(13-16-9-10-19-21-16)17(11-18-15)14-7-4-3-5-8-14/h3-5,7-10,15,17-18H,2,6,11-13H2,1H3. The Balaban J connectivity index is 1.77. The lowest BCUT2D eigenvalue weighted by Gasteiger charge is -2.40. The minimum absolute atomic E-state index is 0.393. The van der Waals surface area contributed by atoms with Crippen molar-refractivity contribution in [2.24, 2.45) is 0 Å². The van der Waals surface area contributed by atoms with E-state index in [0.717, 1.165) is 25.4 Å². The summed E-state index contributed by atoms with van der Waals surface area (Å²) in [6.07, 6.45) is 4.15. The van der Waals surface area contributed by atoms with E-state index in [1.54, 1.807) is 6.20 Å². The van der Waals surface area contributed by atoms with Crippen molar-refractivity contribution in [1.82, 2.24) is 15.4 Å². The number of nitrogens with zero attached hydrogens (tertiary/aromatic N) is 2. The van der Waals surface area contributed by atoms with Gasteiger partial charge in [-0.3, -0.25) is 4.90 Å². The molecule has 1 aromatic heterocycles. The maximum atomic E-state index is 5.30. The summed E-state index contributed by atoms with van der Waals surface area (Å²) in [6.45, 7) is 5.10. The highest BCUT2D eigenvalue weighted by molar-refractivity contribution is 5.20. The van der Waals surface area contributed by atoms with Gasteiger partial charge in [-0.05, 0) is 12.0 Å².